The molecule has 0 amide bonds. The van der Waals surface area contributed by atoms with Crippen molar-refractivity contribution in [3.63, 3.8) is 0 Å². The number of rotatable bonds is 3. The Hall–Kier alpha value is -1.41. The fourth-order valence-corrected chi connectivity index (χ4v) is 4.61. The quantitative estimate of drug-likeness (QED) is 0.718. The lowest BCUT2D eigenvalue weighted by atomic mass is 9.80. The third-order valence-corrected chi connectivity index (χ3v) is 6.21. The lowest BCUT2D eigenvalue weighted by Crippen LogP contribution is -2.09. The van der Waals surface area contributed by atoms with E-state index in [9.17, 15) is 4.79 Å². The minimum atomic E-state index is 0.203. The van der Waals surface area contributed by atoms with Crippen molar-refractivity contribution in [3.05, 3.63) is 56.8 Å². The lowest BCUT2D eigenvalue weighted by Gasteiger charge is -2.25. The zero-order chi connectivity index (χ0) is 14.2. The van der Waals surface area contributed by atoms with E-state index in [0.29, 0.717) is 0 Å². The summed E-state index contributed by atoms with van der Waals surface area (Å²) < 4.78 is 0. The molecule has 2 heteroatoms. The molecule has 0 N–H and O–H groups in total. The largest absolute Gasteiger partial charge is 0.288 e. The molecular weight excluding hydrogens is 276 g/mol. The second kappa shape index (κ2) is 5.42. The van der Waals surface area contributed by atoms with Crippen LogP contribution in [0.5, 0.6) is 0 Å². The van der Waals surface area contributed by atoms with Crippen LogP contribution in [0.15, 0.2) is 30.3 Å². The monoisotopic (exact) mass is 296 g/mol. The highest BCUT2D eigenvalue weighted by atomic mass is 32.1. The van der Waals surface area contributed by atoms with E-state index >= 15 is 0 Å². The molecule has 2 aliphatic carbocycles. The highest BCUT2D eigenvalue weighted by Gasteiger charge is 2.21. The number of carbonyl (C=O) groups is 1. The minimum absolute atomic E-state index is 0.203. The van der Waals surface area contributed by atoms with Crippen molar-refractivity contribution in [2.24, 2.45) is 0 Å². The standard InChI is InChI=1S/C19H20OS/c20-19(18-12-16-4-1-2-7-17(16)21-18)15-10-8-14(9-11-15)13-5-3-6-13/h8-13H,1-7H2. The molecular formula is C19H20OS. The average Bonchev–Trinajstić information content (AvgIpc) is 2.89. The van der Waals surface area contributed by atoms with Gasteiger partial charge in [0, 0.05) is 10.4 Å². The summed E-state index contributed by atoms with van der Waals surface area (Å²) in [5.41, 5.74) is 3.67. The number of hydrogen-bond acceptors (Lipinski definition) is 2. The molecule has 1 fully saturated rings. The van der Waals surface area contributed by atoms with E-state index < -0.39 is 0 Å². The van der Waals surface area contributed by atoms with Gasteiger partial charge >= 0.3 is 0 Å². The molecule has 2 aromatic rings. The van der Waals surface area contributed by atoms with Crippen LogP contribution in [-0.2, 0) is 12.8 Å². The third kappa shape index (κ3) is 2.46. The van der Waals surface area contributed by atoms with Gasteiger partial charge in [-0.15, -0.1) is 11.3 Å². The van der Waals surface area contributed by atoms with Crippen molar-refractivity contribution in [1.29, 1.82) is 0 Å². The van der Waals surface area contributed by atoms with Crippen molar-refractivity contribution in [3.8, 4) is 0 Å². The molecule has 2 aliphatic rings. The molecule has 108 valence electrons. The fraction of sp³-hybridized carbons (Fsp3) is 0.421. The van der Waals surface area contributed by atoms with Crippen LogP contribution in [0.2, 0.25) is 0 Å². The first kappa shape index (κ1) is 13.3. The summed E-state index contributed by atoms with van der Waals surface area (Å²) in [6.07, 6.45) is 8.83. The van der Waals surface area contributed by atoms with Gasteiger partial charge in [0.25, 0.3) is 0 Å². The SMILES string of the molecule is O=C(c1ccc(C2CCC2)cc1)c1cc2c(s1)CCCC2. The van der Waals surface area contributed by atoms with Crippen molar-refractivity contribution < 1.29 is 4.79 Å². The smallest absolute Gasteiger partial charge is 0.202 e. The summed E-state index contributed by atoms with van der Waals surface area (Å²) in [6, 6.07) is 10.5. The van der Waals surface area contributed by atoms with Gasteiger partial charge in [-0.25, -0.2) is 0 Å². The summed E-state index contributed by atoms with van der Waals surface area (Å²) in [4.78, 5) is 15.0. The number of fused-ring (bicyclic) bond motifs is 1. The van der Waals surface area contributed by atoms with E-state index in [-0.39, 0.29) is 5.78 Å². The Morgan fingerprint density at radius 1 is 1.00 bits per heavy atom. The van der Waals surface area contributed by atoms with Crippen LogP contribution in [0, 0.1) is 0 Å². The lowest BCUT2D eigenvalue weighted by molar-refractivity contribution is 0.104. The molecule has 0 radical (unpaired) electrons. The van der Waals surface area contributed by atoms with Crippen LogP contribution in [0.25, 0.3) is 0 Å². The Bertz CT molecular complexity index is 638. The molecule has 0 spiro atoms. The first-order valence-corrected chi connectivity index (χ1v) is 8.89. The van der Waals surface area contributed by atoms with Gasteiger partial charge < -0.3 is 0 Å². The van der Waals surface area contributed by atoms with E-state index in [2.05, 4.69) is 18.2 Å². The number of hydrogen-bond donors (Lipinski definition) is 0. The van der Waals surface area contributed by atoms with Crippen LogP contribution >= 0.6 is 11.3 Å². The summed E-state index contributed by atoms with van der Waals surface area (Å²) in [5, 5.41) is 0. The highest BCUT2D eigenvalue weighted by Crippen LogP contribution is 2.36. The maximum atomic E-state index is 12.6. The van der Waals surface area contributed by atoms with Crippen LogP contribution in [-0.4, -0.2) is 5.78 Å². The Kier molecular flexibility index (Phi) is 3.42. The Morgan fingerprint density at radius 2 is 1.76 bits per heavy atom. The van der Waals surface area contributed by atoms with Gasteiger partial charge in [0.2, 0.25) is 5.78 Å². The molecule has 1 heterocycles. The minimum Gasteiger partial charge on any atom is -0.288 e. The third-order valence-electron chi connectivity index (χ3n) is 4.97. The molecule has 1 saturated carbocycles. The van der Waals surface area contributed by atoms with Crippen LogP contribution in [0.4, 0.5) is 0 Å². The summed E-state index contributed by atoms with van der Waals surface area (Å²) in [6.45, 7) is 0. The van der Waals surface area contributed by atoms with Gasteiger partial charge in [-0.05, 0) is 61.6 Å². The van der Waals surface area contributed by atoms with E-state index in [1.54, 1.807) is 11.3 Å². The van der Waals surface area contributed by atoms with Crippen molar-refractivity contribution >= 4 is 17.1 Å². The van der Waals surface area contributed by atoms with E-state index in [0.717, 1.165) is 29.2 Å². The maximum Gasteiger partial charge on any atom is 0.202 e. The van der Waals surface area contributed by atoms with Gasteiger partial charge in [0.15, 0.2) is 0 Å². The molecule has 0 atom stereocenters. The zero-order valence-electron chi connectivity index (χ0n) is 12.2. The zero-order valence-corrected chi connectivity index (χ0v) is 13.0. The fourth-order valence-electron chi connectivity index (χ4n) is 3.39. The average molecular weight is 296 g/mol. The second-order valence-electron chi connectivity index (χ2n) is 6.35. The predicted octanol–water partition coefficient (Wildman–Crippen LogP) is 5.13. The van der Waals surface area contributed by atoms with E-state index in [4.69, 9.17) is 0 Å². The molecule has 0 saturated heterocycles. The van der Waals surface area contributed by atoms with E-state index in [1.807, 2.05) is 12.1 Å². The summed E-state index contributed by atoms with van der Waals surface area (Å²) in [5.74, 6) is 0.942. The number of ketones is 1. The second-order valence-corrected chi connectivity index (χ2v) is 7.48. The van der Waals surface area contributed by atoms with Gasteiger partial charge in [-0.2, -0.15) is 0 Å². The molecule has 0 aliphatic heterocycles. The van der Waals surface area contributed by atoms with Crippen molar-refractivity contribution in [1.82, 2.24) is 0 Å². The number of carbonyl (C=O) groups excluding carboxylic acids is 1. The van der Waals surface area contributed by atoms with Crippen LogP contribution < -0.4 is 0 Å². The highest BCUT2D eigenvalue weighted by molar-refractivity contribution is 7.14. The number of thiophene rings is 1. The predicted molar refractivity (Wildman–Crippen MR) is 87.4 cm³/mol. The summed E-state index contributed by atoms with van der Waals surface area (Å²) >= 11 is 1.71. The number of aryl methyl sites for hydroxylation is 2. The van der Waals surface area contributed by atoms with Gasteiger partial charge in [-0.1, -0.05) is 30.7 Å². The molecule has 4 rings (SSSR count). The number of benzene rings is 1. The normalized spacial score (nSPS) is 18.1. The van der Waals surface area contributed by atoms with Gasteiger partial charge in [0.05, 0.1) is 4.88 Å². The molecule has 1 nitrogen and oxygen atoms in total. The van der Waals surface area contributed by atoms with Gasteiger partial charge in [-0.3, -0.25) is 4.79 Å². The molecule has 1 aromatic heterocycles. The Morgan fingerprint density at radius 3 is 2.43 bits per heavy atom. The van der Waals surface area contributed by atoms with E-state index in [1.165, 1.54) is 48.1 Å². The Balaban J connectivity index is 1.57. The van der Waals surface area contributed by atoms with Crippen molar-refractivity contribution in [2.45, 2.75) is 50.9 Å². The summed E-state index contributed by atoms with van der Waals surface area (Å²) in [7, 11) is 0. The first-order valence-electron chi connectivity index (χ1n) is 8.07. The Labute approximate surface area is 130 Å². The van der Waals surface area contributed by atoms with Crippen molar-refractivity contribution in [2.75, 3.05) is 0 Å². The van der Waals surface area contributed by atoms with Crippen LogP contribution in [0.3, 0.4) is 0 Å². The molecule has 0 unspecified atom stereocenters. The maximum absolute atomic E-state index is 12.6. The van der Waals surface area contributed by atoms with Gasteiger partial charge in [0.1, 0.15) is 0 Å². The molecule has 21 heavy (non-hydrogen) atoms. The van der Waals surface area contributed by atoms with Crippen LogP contribution in [0.1, 0.15) is 69.3 Å². The molecule has 1 aromatic carbocycles. The topological polar surface area (TPSA) is 17.1 Å². The first-order chi connectivity index (χ1) is 10.3. The molecule has 0 bridgehead atoms.